The zero-order chi connectivity index (χ0) is 15.0. The number of nitrogen functional groups attached to an aromatic ring is 1. The van der Waals surface area contributed by atoms with Crippen LogP contribution in [0.1, 0.15) is 16.5 Å². The van der Waals surface area contributed by atoms with E-state index < -0.39 is 23.2 Å². The molecule has 9 heteroatoms. The van der Waals surface area contributed by atoms with Crippen LogP contribution in [0.3, 0.4) is 0 Å². The van der Waals surface area contributed by atoms with Crippen LogP contribution in [0, 0.1) is 11.6 Å². The first-order valence-corrected chi connectivity index (χ1v) is 6.23. The third kappa shape index (κ3) is 2.42. The molecule has 4 N–H and O–H groups in total. The van der Waals surface area contributed by atoms with Crippen LogP contribution in [0.5, 0.6) is 0 Å². The molecule has 110 valence electrons. The first-order valence-electron chi connectivity index (χ1n) is 6.23. The highest BCUT2D eigenvalue weighted by Crippen LogP contribution is 2.24. The van der Waals surface area contributed by atoms with E-state index in [1.54, 1.807) is 0 Å². The van der Waals surface area contributed by atoms with Crippen LogP contribution in [-0.2, 0) is 0 Å². The van der Waals surface area contributed by atoms with Gasteiger partial charge in [0.05, 0.1) is 17.9 Å². The fraction of sp³-hybridized carbons (Fsp3) is 0.250. The number of aromatic nitrogens is 3. The molecule has 0 aliphatic carbocycles. The number of benzene rings is 1. The minimum Gasteiger partial charge on any atom is -0.396 e. The van der Waals surface area contributed by atoms with E-state index in [9.17, 15) is 13.6 Å². The summed E-state index contributed by atoms with van der Waals surface area (Å²) in [5.74, 6) is -2.68. The Bertz CT molecular complexity index is 697. The molecule has 21 heavy (non-hydrogen) atoms. The second kappa shape index (κ2) is 5.09. The molecule has 0 atom stereocenters. The molecule has 1 aliphatic heterocycles. The van der Waals surface area contributed by atoms with Crippen LogP contribution in [0.4, 0.5) is 20.2 Å². The molecule has 0 unspecified atom stereocenters. The number of halogens is 2. The van der Waals surface area contributed by atoms with Crippen LogP contribution >= 0.6 is 0 Å². The number of amides is 1. The third-order valence-electron chi connectivity index (χ3n) is 3.19. The van der Waals surface area contributed by atoms with Gasteiger partial charge in [-0.3, -0.25) is 4.79 Å². The summed E-state index contributed by atoms with van der Waals surface area (Å²) in [4.78, 5) is 13.4. The van der Waals surface area contributed by atoms with E-state index in [1.165, 1.54) is 11.0 Å². The van der Waals surface area contributed by atoms with Crippen LogP contribution < -0.4 is 16.4 Å². The fourth-order valence-corrected chi connectivity index (χ4v) is 1.85. The second-order valence-corrected chi connectivity index (χ2v) is 4.64. The first kappa shape index (κ1) is 13.4. The summed E-state index contributed by atoms with van der Waals surface area (Å²) in [6, 6.07) is 2.15. The molecule has 0 spiro atoms. The van der Waals surface area contributed by atoms with E-state index in [4.69, 9.17) is 5.73 Å². The van der Waals surface area contributed by atoms with Crippen LogP contribution in [-0.4, -0.2) is 34.0 Å². The number of carbonyl (C=O) groups is 1. The number of hydrogen-bond acceptors (Lipinski definition) is 5. The molecule has 0 saturated carbocycles. The molecule has 2 heterocycles. The molecule has 1 saturated heterocycles. The lowest BCUT2D eigenvalue weighted by Gasteiger charge is -2.25. The zero-order valence-electron chi connectivity index (χ0n) is 10.8. The molecule has 1 aromatic heterocycles. The van der Waals surface area contributed by atoms with Gasteiger partial charge in [0, 0.05) is 13.1 Å². The predicted molar refractivity (Wildman–Crippen MR) is 70.7 cm³/mol. The van der Waals surface area contributed by atoms with Crippen molar-refractivity contribution in [2.75, 3.05) is 24.1 Å². The third-order valence-corrected chi connectivity index (χ3v) is 3.19. The number of rotatable bonds is 3. The smallest absolute Gasteiger partial charge is 0.278 e. The summed E-state index contributed by atoms with van der Waals surface area (Å²) in [5, 5.41) is 13.1. The van der Waals surface area contributed by atoms with Crippen molar-refractivity contribution in [2.24, 2.45) is 0 Å². The molecule has 7 nitrogen and oxygen atoms in total. The normalized spacial score (nSPS) is 14.8. The van der Waals surface area contributed by atoms with Gasteiger partial charge in [-0.1, -0.05) is 0 Å². The van der Waals surface area contributed by atoms with Crippen molar-refractivity contribution in [1.82, 2.24) is 20.3 Å². The molecule has 3 rings (SSSR count). The minimum atomic E-state index is -1.01. The van der Waals surface area contributed by atoms with Crippen molar-refractivity contribution in [1.29, 1.82) is 0 Å². The highest BCUT2D eigenvalue weighted by Gasteiger charge is 2.23. The van der Waals surface area contributed by atoms with Crippen LogP contribution in [0.15, 0.2) is 18.3 Å². The van der Waals surface area contributed by atoms with Gasteiger partial charge in [0.15, 0.2) is 11.5 Å². The molecular formula is C12H12F2N6O. The highest BCUT2D eigenvalue weighted by molar-refractivity contribution is 6.03. The Balaban J connectivity index is 1.80. The average Bonchev–Trinajstić information content (AvgIpc) is 2.86. The fourth-order valence-electron chi connectivity index (χ4n) is 1.85. The summed E-state index contributed by atoms with van der Waals surface area (Å²) in [6.07, 6.45) is 1.25. The summed E-state index contributed by atoms with van der Waals surface area (Å²) >= 11 is 0. The molecule has 1 aliphatic rings. The molecule has 2 aromatic rings. The maximum Gasteiger partial charge on any atom is 0.278 e. The lowest BCUT2D eigenvalue weighted by Crippen LogP contribution is -2.44. The van der Waals surface area contributed by atoms with E-state index in [0.29, 0.717) is 13.1 Å². The van der Waals surface area contributed by atoms with Gasteiger partial charge in [0.1, 0.15) is 11.5 Å². The Kier molecular flexibility index (Phi) is 3.26. The Hall–Kier alpha value is -2.55. The van der Waals surface area contributed by atoms with E-state index in [1.807, 2.05) is 0 Å². The molecule has 0 bridgehead atoms. The Labute approximate surface area is 118 Å². The average molecular weight is 294 g/mol. The number of hydrogen-bond donors (Lipinski definition) is 3. The standard InChI is InChI=1S/C12H12F2N6O/c13-7-1-2-8(15)10(14)11(7)18-12(21)9-5-17-20(19-9)6-3-16-4-6/h1-2,5-6,16H,3-4,15H2,(H,18,21). The topological polar surface area (TPSA) is 97.9 Å². The van der Waals surface area contributed by atoms with Gasteiger partial charge in [-0.15, -0.1) is 5.10 Å². The van der Waals surface area contributed by atoms with Crippen molar-refractivity contribution >= 4 is 17.3 Å². The Morgan fingerprint density at radius 3 is 2.86 bits per heavy atom. The van der Waals surface area contributed by atoms with Crippen LogP contribution in [0.25, 0.3) is 0 Å². The molecular weight excluding hydrogens is 282 g/mol. The van der Waals surface area contributed by atoms with Gasteiger partial charge in [-0.05, 0) is 12.1 Å². The number of nitrogens with two attached hydrogens (primary N) is 1. The number of anilines is 2. The van der Waals surface area contributed by atoms with Crippen molar-refractivity contribution in [3.63, 3.8) is 0 Å². The maximum absolute atomic E-state index is 13.7. The maximum atomic E-state index is 13.7. The highest BCUT2D eigenvalue weighted by atomic mass is 19.1. The summed E-state index contributed by atoms with van der Waals surface area (Å²) < 4.78 is 27.3. The van der Waals surface area contributed by atoms with E-state index in [0.717, 1.165) is 12.1 Å². The van der Waals surface area contributed by atoms with Gasteiger partial charge < -0.3 is 16.4 Å². The number of nitrogens with one attached hydrogen (secondary N) is 2. The van der Waals surface area contributed by atoms with Crippen molar-refractivity contribution in [3.8, 4) is 0 Å². The lowest BCUT2D eigenvalue weighted by atomic mass is 10.2. The minimum absolute atomic E-state index is 0.0249. The van der Waals surface area contributed by atoms with Gasteiger partial charge in [0.2, 0.25) is 0 Å². The van der Waals surface area contributed by atoms with E-state index >= 15 is 0 Å². The number of carbonyl (C=O) groups excluding carboxylic acids is 1. The number of nitrogens with zero attached hydrogens (tertiary/aromatic N) is 3. The molecule has 1 amide bonds. The largest absolute Gasteiger partial charge is 0.396 e. The predicted octanol–water partition coefficient (Wildman–Crippen LogP) is 0.535. The van der Waals surface area contributed by atoms with Crippen molar-refractivity contribution in [2.45, 2.75) is 6.04 Å². The van der Waals surface area contributed by atoms with E-state index in [2.05, 4.69) is 20.8 Å². The molecule has 0 radical (unpaired) electrons. The quantitative estimate of drug-likeness (QED) is 0.718. The second-order valence-electron chi connectivity index (χ2n) is 4.64. The molecule has 1 aromatic carbocycles. The zero-order valence-corrected chi connectivity index (χ0v) is 10.8. The Morgan fingerprint density at radius 2 is 2.19 bits per heavy atom. The van der Waals surface area contributed by atoms with Gasteiger partial charge in [-0.25, -0.2) is 8.78 Å². The van der Waals surface area contributed by atoms with Gasteiger partial charge >= 0.3 is 0 Å². The van der Waals surface area contributed by atoms with Gasteiger partial charge in [-0.2, -0.15) is 9.90 Å². The first-order chi connectivity index (χ1) is 10.1. The monoisotopic (exact) mass is 294 g/mol. The lowest BCUT2D eigenvalue weighted by molar-refractivity contribution is 0.101. The van der Waals surface area contributed by atoms with E-state index in [-0.39, 0.29) is 17.4 Å². The SMILES string of the molecule is Nc1ccc(F)c(NC(=O)c2cnn(C3CNC3)n2)c1F. The Morgan fingerprint density at radius 1 is 1.43 bits per heavy atom. The summed E-state index contributed by atoms with van der Waals surface area (Å²) in [7, 11) is 0. The van der Waals surface area contributed by atoms with Gasteiger partial charge in [0.25, 0.3) is 5.91 Å². The van der Waals surface area contributed by atoms with Crippen LogP contribution in [0.2, 0.25) is 0 Å². The summed E-state index contributed by atoms with van der Waals surface area (Å²) in [5.41, 5.74) is 4.47. The summed E-state index contributed by atoms with van der Waals surface area (Å²) in [6.45, 7) is 1.43. The molecule has 1 fully saturated rings. The van der Waals surface area contributed by atoms with Crippen molar-refractivity contribution in [3.05, 3.63) is 35.7 Å². The van der Waals surface area contributed by atoms with Crippen molar-refractivity contribution < 1.29 is 13.6 Å².